The largest absolute Gasteiger partial charge is 0.467 e. The summed E-state index contributed by atoms with van der Waals surface area (Å²) in [6.45, 7) is 0.180. The second-order valence-corrected chi connectivity index (χ2v) is 7.75. The van der Waals surface area contributed by atoms with Gasteiger partial charge in [-0.05, 0) is 29.7 Å². The molecular formula is C18H17NO5S. The lowest BCUT2D eigenvalue weighted by atomic mass is 10.1. The number of benzene rings is 2. The number of hydrogen-bond acceptors (Lipinski definition) is 5. The number of rotatable bonds is 6. The monoisotopic (exact) mass is 359 g/mol. The molecule has 0 aliphatic carbocycles. The number of aliphatic hydroxyl groups excluding tert-OH is 1. The van der Waals surface area contributed by atoms with Crippen LogP contribution < -0.4 is 4.31 Å². The van der Waals surface area contributed by atoms with E-state index >= 15 is 0 Å². The fourth-order valence-electron chi connectivity index (χ4n) is 3.09. The van der Waals surface area contributed by atoms with Crippen LogP contribution in [0.2, 0.25) is 0 Å². The summed E-state index contributed by atoms with van der Waals surface area (Å²) in [5, 5.41) is 11.8. The smallest absolute Gasteiger partial charge is 0.265 e. The molecule has 1 aromatic heterocycles. The van der Waals surface area contributed by atoms with Crippen LogP contribution in [0.4, 0.5) is 5.69 Å². The molecule has 1 aliphatic heterocycles. The highest BCUT2D eigenvalue weighted by Gasteiger charge is 2.36. The molecule has 0 radical (unpaired) electrons. The number of anilines is 1. The van der Waals surface area contributed by atoms with Gasteiger partial charge in [0.2, 0.25) is 0 Å². The van der Waals surface area contributed by atoms with Gasteiger partial charge in [0, 0.05) is 5.39 Å². The Balaban J connectivity index is 1.52. The molecule has 25 heavy (non-hydrogen) atoms. The molecule has 1 N–H and O–H groups in total. The van der Waals surface area contributed by atoms with Crippen LogP contribution in [0.25, 0.3) is 10.8 Å². The van der Waals surface area contributed by atoms with E-state index < -0.39 is 16.1 Å². The van der Waals surface area contributed by atoms with E-state index in [-0.39, 0.29) is 24.7 Å². The molecule has 0 saturated carbocycles. The summed E-state index contributed by atoms with van der Waals surface area (Å²) in [7, 11) is -3.66. The van der Waals surface area contributed by atoms with Gasteiger partial charge in [-0.25, -0.2) is 8.42 Å². The highest BCUT2D eigenvalue weighted by molar-refractivity contribution is 7.93. The van der Waals surface area contributed by atoms with Gasteiger partial charge >= 0.3 is 0 Å². The molecule has 0 fully saturated rings. The number of sulfonamides is 1. The van der Waals surface area contributed by atoms with Crippen molar-refractivity contribution in [3.05, 3.63) is 60.6 Å². The molecule has 7 heteroatoms. The molecule has 4 rings (SSSR count). The highest BCUT2D eigenvalue weighted by Crippen LogP contribution is 2.41. The SMILES string of the molecule is O=S1(=O)c2cccc3cccc(c23)N1C[C@H](O)COCc1ccco1. The number of aliphatic hydroxyl groups is 1. The normalized spacial score (nSPS) is 16.4. The Labute approximate surface area is 145 Å². The molecule has 2 heterocycles. The van der Waals surface area contributed by atoms with Crippen LogP contribution in [-0.4, -0.2) is 32.8 Å². The van der Waals surface area contributed by atoms with Gasteiger partial charge in [-0.2, -0.15) is 0 Å². The first-order valence-electron chi connectivity index (χ1n) is 7.90. The van der Waals surface area contributed by atoms with Gasteiger partial charge in [0.15, 0.2) is 0 Å². The number of hydrogen-bond donors (Lipinski definition) is 1. The number of ether oxygens (including phenoxy) is 1. The van der Waals surface area contributed by atoms with Crippen molar-refractivity contribution in [3.63, 3.8) is 0 Å². The first-order valence-corrected chi connectivity index (χ1v) is 9.34. The zero-order valence-corrected chi connectivity index (χ0v) is 14.1. The molecule has 1 aliphatic rings. The molecule has 130 valence electrons. The van der Waals surface area contributed by atoms with Gasteiger partial charge < -0.3 is 14.3 Å². The van der Waals surface area contributed by atoms with Crippen LogP contribution >= 0.6 is 0 Å². The minimum Gasteiger partial charge on any atom is -0.467 e. The Morgan fingerprint density at radius 1 is 1.12 bits per heavy atom. The van der Waals surface area contributed by atoms with Crippen LogP contribution in [0.5, 0.6) is 0 Å². The first-order chi connectivity index (χ1) is 12.1. The maximum Gasteiger partial charge on any atom is 0.265 e. The Hall–Kier alpha value is -2.35. The Bertz CT molecular complexity index is 992. The van der Waals surface area contributed by atoms with Crippen molar-refractivity contribution in [1.82, 2.24) is 0 Å². The molecule has 0 spiro atoms. The van der Waals surface area contributed by atoms with Gasteiger partial charge in [0.05, 0.1) is 36.1 Å². The van der Waals surface area contributed by atoms with Crippen molar-refractivity contribution in [2.45, 2.75) is 17.6 Å². The van der Waals surface area contributed by atoms with Crippen LogP contribution in [-0.2, 0) is 21.4 Å². The molecule has 0 amide bonds. The zero-order valence-electron chi connectivity index (χ0n) is 13.3. The summed E-state index contributed by atoms with van der Waals surface area (Å²) in [5.41, 5.74) is 0.596. The fourth-order valence-corrected chi connectivity index (χ4v) is 4.84. The average Bonchev–Trinajstić information content (AvgIpc) is 3.18. The Morgan fingerprint density at radius 3 is 2.68 bits per heavy atom. The zero-order chi connectivity index (χ0) is 17.4. The van der Waals surface area contributed by atoms with Crippen LogP contribution in [0, 0.1) is 0 Å². The molecule has 0 saturated heterocycles. The molecule has 1 atom stereocenters. The minimum atomic E-state index is -3.66. The van der Waals surface area contributed by atoms with Gasteiger partial charge in [-0.1, -0.05) is 24.3 Å². The van der Waals surface area contributed by atoms with E-state index in [1.54, 1.807) is 36.6 Å². The second-order valence-electron chi connectivity index (χ2n) is 5.92. The summed E-state index contributed by atoms with van der Waals surface area (Å²) >= 11 is 0. The summed E-state index contributed by atoms with van der Waals surface area (Å²) < 4.78 is 37.4. The van der Waals surface area contributed by atoms with Gasteiger partial charge in [-0.3, -0.25) is 4.31 Å². The lowest BCUT2D eigenvalue weighted by Crippen LogP contribution is -2.37. The third-order valence-electron chi connectivity index (χ3n) is 4.19. The summed E-state index contributed by atoms with van der Waals surface area (Å²) in [6.07, 6.45) is 0.596. The van der Waals surface area contributed by atoms with Crippen molar-refractivity contribution in [3.8, 4) is 0 Å². The quantitative estimate of drug-likeness (QED) is 0.731. The highest BCUT2D eigenvalue weighted by atomic mass is 32.2. The molecule has 0 bridgehead atoms. The van der Waals surface area contributed by atoms with E-state index in [9.17, 15) is 13.5 Å². The van der Waals surface area contributed by atoms with Crippen molar-refractivity contribution in [1.29, 1.82) is 0 Å². The second kappa shape index (κ2) is 6.18. The topological polar surface area (TPSA) is 80.0 Å². The van der Waals surface area contributed by atoms with Crippen molar-refractivity contribution in [2.24, 2.45) is 0 Å². The molecule has 0 unspecified atom stereocenters. The predicted octanol–water partition coefficient (Wildman–Crippen LogP) is 2.52. The number of nitrogens with zero attached hydrogens (tertiary/aromatic N) is 1. The van der Waals surface area contributed by atoms with E-state index in [1.807, 2.05) is 18.2 Å². The predicted molar refractivity (Wildman–Crippen MR) is 92.9 cm³/mol. The van der Waals surface area contributed by atoms with Crippen molar-refractivity contribution in [2.75, 3.05) is 17.5 Å². The van der Waals surface area contributed by atoms with E-state index in [1.165, 1.54) is 4.31 Å². The van der Waals surface area contributed by atoms with Gasteiger partial charge in [-0.15, -0.1) is 0 Å². The van der Waals surface area contributed by atoms with E-state index in [2.05, 4.69) is 0 Å². The summed E-state index contributed by atoms with van der Waals surface area (Å²) in [6, 6.07) is 14.2. The Kier molecular flexibility index (Phi) is 3.99. The third kappa shape index (κ3) is 2.80. The van der Waals surface area contributed by atoms with E-state index in [0.717, 1.165) is 5.39 Å². The maximum atomic E-state index is 12.8. The number of β-amino-alcohol motifs (C(OH)–C–C–N with tert-alkyl or cyclic N) is 1. The van der Waals surface area contributed by atoms with E-state index in [4.69, 9.17) is 9.15 Å². The van der Waals surface area contributed by atoms with Crippen LogP contribution in [0.3, 0.4) is 0 Å². The molecule has 2 aromatic carbocycles. The average molecular weight is 359 g/mol. The molecular weight excluding hydrogens is 342 g/mol. The van der Waals surface area contributed by atoms with Crippen molar-refractivity contribution >= 4 is 26.5 Å². The van der Waals surface area contributed by atoms with Gasteiger partial charge in [0.25, 0.3) is 10.0 Å². The summed E-state index contributed by atoms with van der Waals surface area (Å²) in [4.78, 5) is 0.282. The van der Waals surface area contributed by atoms with Crippen LogP contribution in [0.1, 0.15) is 5.76 Å². The van der Waals surface area contributed by atoms with Gasteiger partial charge in [0.1, 0.15) is 12.4 Å². The molecule has 6 nitrogen and oxygen atoms in total. The maximum absolute atomic E-state index is 12.8. The first kappa shape index (κ1) is 16.1. The van der Waals surface area contributed by atoms with E-state index in [0.29, 0.717) is 16.8 Å². The standard InChI is InChI=1S/C18H17NO5S/c20-14(11-23-12-15-6-3-9-24-15)10-19-16-7-1-4-13-5-2-8-17(18(13)16)25(19,21)22/h1-9,14,20H,10-12H2/t14-/m0/s1. The fraction of sp³-hybridized carbons (Fsp3) is 0.222. The summed E-state index contributed by atoms with van der Waals surface area (Å²) in [5.74, 6) is 0.651. The minimum absolute atomic E-state index is 0.0129. The lowest BCUT2D eigenvalue weighted by molar-refractivity contribution is 0.0269. The molecule has 3 aromatic rings. The lowest BCUT2D eigenvalue weighted by Gasteiger charge is -2.22. The van der Waals surface area contributed by atoms with Crippen LogP contribution in [0.15, 0.2) is 64.1 Å². The number of furan rings is 1. The Morgan fingerprint density at radius 2 is 1.92 bits per heavy atom. The third-order valence-corrected chi connectivity index (χ3v) is 6.01. The van der Waals surface area contributed by atoms with Crippen molar-refractivity contribution < 1.29 is 22.7 Å².